The highest BCUT2D eigenvalue weighted by atomic mass is 15.0. The average Bonchev–Trinajstić information content (AvgIpc) is 2.73. The average molecular weight is 255 g/mol. The molecule has 0 atom stereocenters. The lowest BCUT2D eigenvalue weighted by molar-refractivity contribution is 0.269. The number of aromatic nitrogens is 1. The highest BCUT2D eigenvalue weighted by molar-refractivity contribution is 5.91. The van der Waals surface area contributed by atoms with Gasteiger partial charge in [0.05, 0.1) is 0 Å². The fourth-order valence-electron chi connectivity index (χ4n) is 1.91. The van der Waals surface area contributed by atoms with E-state index in [0.29, 0.717) is 11.5 Å². The van der Waals surface area contributed by atoms with Gasteiger partial charge in [0.25, 0.3) is 0 Å². The number of nitriles is 1. The molecule has 0 amide bonds. The molecule has 2 rings (SSSR count). The number of aromatic amines is 1. The van der Waals surface area contributed by atoms with Crippen LogP contribution in [0.1, 0.15) is 33.3 Å². The lowest BCUT2D eigenvalue weighted by Crippen LogP contribution is -2.28. The molecule has 0 saturated carbocycles. The molecular weight excluding hydrogens is 234 g/mol. The molecule has 0 aliphatic carbocycles. The molecule has 100 valence electrons. The third kappa shape index (κ3) is 2.58. The highest BCUT2D eigenvalue weighted by Gasteiger charge is 2.23. The monoisotopic (exact) mass is 255 g/mol. The highest BCUT2D eigenvalue weighted by Crippen LogP contribution is 2.29. The molecule has 3 nitrogen and oxygen atoms in total. The molecule has 0 saturated heterocycles. The van der Waals surface area contributed by atoms with Gasteiger partial charge in [0.2, 0.25) is 0 Å². The summed E-state index contributed by atoms with van der Waals surface area (Å²) in [5.41, 5.74) is 1.89. The SMILES string of the molecule is CC(C)C(C)(C)CNc1[nH]c2ccccc2c1C#N. The van der Waals surface area contributed by atoms with E-state index in [1.54, 1.807) is 0 Å². The number of benzene rings is 1. The smallest absolute Gasteiger partial charge is 0.122 e. The van der Waals surface area contributed by atoms with E-state index in [-0.39, 0.29) is 5.41 Å². The van der Waals surface area contributed by atoms with Gasteiger partial charge in [0.1, 0.15) is 17.5 Å². The topological polar surface area (TPSA) is 51.6 Å². The summed E-state index contributed by atoms with van der Waals surface area (Å²) in [6.45, 7) is 9.75. The fraction of sp³-hybridized carbons (Fsp3) is 0.438. The van der Waals surface area contributed by atoms with Crippen molar-refractivity contribution in [2.75, 3.05) is 11.9 Å². The van der Waals surface area contributed by atoms with E-state index in [1.165, 1.54) is 0 Å². The molecule has 0 spiro atoms. The van der Waals surface area contributed by atoms with E-state index in [2.05, 4.69) is 44.1 Å². The Morgan fingerprint density at radius 2 is 2.00 bits per heavy atom. The lowest BCUT2D eigenvalue weighted by atomic mass is 9.81. The summed E-state index contributed by atoms with van der Waals surface area (Å²) in [4.78, 5) is 3.29. The number of nitrogens with zero attached hydrogens (tertiary/aromatic N) is 1. The van der Waals surface area contributed by atoms with E-state index in [0.717, 1.165) is 23.3 Å². The number of rotatable bonds is 4. The first-order chi connectivity index (χ1) is 8.95. The van der Waals surface area contributed by atoms with Gasteiger partial charge in [-0.05, 0) is 17.4 Å². The zero-order valence-electron chi connectivity index (χ0n) is 12.0. The van der Waals surface area contributed by atoms with Crippen LogP contribution in [0.25, 0.3) is 10.9 Å². The molecule has 0 aliphatic rings. The van der Waals surface area contributed by atoms with Crippen LogP contribution in [-0.2, 0) is 0 Å². The molecule has 0 unspecified atom stereocenters. The minimum Gasteiger partial charge on any atom is -0.370 e. The Morgan fingerprint density at radius 3 is 2.63 bits per heavy atom. The third-order valence-electron chi connectivity index (χ3n) is 4.10. The minimum atomic E-state index is 0.185. The van der Waals surface area contributed by atoms with E-state index in [4.69, 9.17) is 0 Å². The van der Waals surface area contributed by atoms with Crippen LogP contribution in [0.2, 0.25) is 0 Å². The van der Waals surface area contributed by atoms with Gasteiger partial charge >= 0.3 is 0 Å². The van der Waals surface area contributed by atoms with Crippen LogP contribution in [0.5, 0.6) is 0 Å². The van der Waals surface area contributed by atoms with Gasteiger partial charge in [0.15, 0.2) is 0 Å². The molecule has 0 bridgehead atoms. The van der Waals surface area contributed by atoms with Gasteiger partial charge in [-0.25, -0.2) is 0 Å². The number of anilines is 1. The second kappa shape index (κ2) is 4.97. The second-order valence-electron chi connectivity index (χ2n) is 6.03. The van der Waals surface area contributed by atoms with Crippen molar-refractivity contribution in [2.45, 2.75) is 27.7 Å². The molecule has 2 aromatic rings. The van der Waals surface area contributed by atoms with Crippen LogP contribution in [0.15, 0.2) is 24.3 Å². The Kier molecular flexibility index (Phi) is 3.53. The molecule has 19 heavy (non-hydrogen) atoms. The predicted molar refractivity (Wildman–Crippen MR) is 80.1 cm³/mol. The summed E-state index contributed by atoms with van der Waals surface area (Å²) in [5, 5.41) is 13.7. The van der Waals surface area contributed by atoms with Crippen molar-refractivity contribution in [1.82, 2.24) is 4.98 Å². The summed E-state index contributed by atoms with van der Waals surface area (Å²) < 4.78 is 0. The van der Waals surface area contributed by atoms with Gasteiger partial charge in [-0.15, -0.1) is 0 Å². The van der Waals surface area contributed by atoms with Crippen LogP contribution in [0, 0.1) is 22.7 Å². The van der Waals surface area contributed by atoms with Crippen molar-refractivity contribution < 1.29 is 0 Å². The normalized spacial score (nSPS) is 11.8. The molecule has 0 fully saturated rings. The molecule has 0 aliphatic heterocycles. The Hall–Kier alpha value is -1.95. The molecule has 1 aromatic heterocycles. The first-order valence-corrected chi connectivity index (χ1v) is 6.70. The molecule has 1 heterocycles. The van der Waals surface area contributed by atoms with Crippen LogP contribution in [0.4, 0.5) is 5.82 Å². The number of fused-ring (bicyclic) bond motifs is 1. The van der Waals surface area contributed by atoms with Crippen molar-refractivity contribution in [3.63, 3.8) is 0 Å². The standard InChI is InChI=1S/C16H21N3/c1-11(2)16(3,4)10-18-15-13(9-17)12-7-5-6-8-14(12)19-15/h5-8,11,18-19H,10H2,1-4H3. The summed E-state index contributed by atoms with van der Waals surface area (Å²) in [6, 6.07) is 10.2. The van der Waals surface area contributed by atoms with E-state index in [9.17, 15) is 5.26 Å². The molecule has 0 radical (unpaired) electrons. The van der Waals surface area contributed by atoms with Crippen molar-refractivity contribution in [1.29, 1.82) is 5.26 Å². The molecule has 1 aromatic carbocycles. The maximum absolute atomic E-state index is 9.33. The summed E-state index contributed by atoms with van der Waals surface area (Å²) >= 11 is 0. The number of H-pyrrole nitrogens is 1. The third-order valence-corrected chi connectivity index (χ3v) is 4.10. The van der Waals surface area contributed by atoms with E-state index in [1.807, 2.05) is 24.3 Å². The summed E-state index contributed by atoms with van der Waals surface area (Å²) in [7, 11) is 0. The molecule has 3 heteroatoms. The number of hydrogen-bond acceptors (Lipinski definition) is 2. The molecule has 2 N–H and O–H groups in total. The zero-order chi connectivity index (χ0) is 14.0. The Balaban J connectivity index is 2.29. The van der Waals surface area contributed by atoms with Crippen molar-refractivity contribution >= 4 is 16.7 Å². The number of para-hydroxylation sites is 1. The first kappa shape index (κ1) is 13.5. The van der Waals surface area contributed by atoms with Crippen molar-refractivity contribution in [3.05, 3.63) is 29.8 Å². The summed E-state index contributed by atoms with van der Waals surface area (Å²) in [6.07, 6.45) is 0. The van der Waals surface area contributed by atoms with Crippen LogP contribution >= 0.6 is 0 Å². The van der Waals surface area contributed by atoms with Crippen LogP contribution in [0.3, 0.4) is 0 Å². The molecular formula is C16H21N3. The van der Waals surface area contributed by atoms with E-state index >= 15 is 0 Å². The van der Waals surface area contributed by atoms with Crippen molar-refractivity contribution in [2.24, 2.45) is 11.3 Å². The van der Waals surface area contributed by atoms with Gasteiger partial charge in [-0.1, -0.05) is 45.9 Å². The quantitative estimate of drug-likeness (QED) is 0.863. The van der Waals surface area contributed by atoms with Crippen LogP contribution in [-0.4, -0.2) is 11.5 Å². The van der Waals surface area contributed by atoms with Crippen molar-refractivity contribution in [3.8, 4) is 6.07 Å². The van der Waals surface area contributed by atoms with E-state index < -0.39 is 0 Å². The predicted octanol–water partition coefficient (Wildman–Crippen LogP) is 4.13. The Labute approximate surface area is 114 Å². The second-order valence-corrected chi connectivity index (χ2v) is 6.03. The Morgan fingerprint density at radius 1 is 1.32 bits per heavy atom. The van der Waals surface area contributed by atoms with Gasteiger partial charge in [0, 0.05) is 17.4 Å². The van der Waals surface area contributed by atoms with Gasteiger partial charge in [-0.3, -0.25) is 0 Å². The first-order valence-electron chi connectivity index (χ1n) is 6.70. The van der Waals surface area contributed by atoms with Gasteiger partial charge in [-0.2, -0.15) is 5.26 Å². The van der Waals surface area contributed by atoms with Gasteiger partial charge < -0.3 is 10.3 Å². The fourth-order valence-corrected chi connectivity index (χ4v) is 1.91. The largest absolute Gasteiger partial charge is 0.370 e. The lowest BCUT2D eigenvalue weighted by Gasteiger charge is -2.29. The summed E-state index contributed by atoms with van der Waals surface area (Å²) in [5.74, 6) is 1.41. The zero-order valence-corrected chi connectivity index (χ0v) is 12.0. The van der Waals surface area contributed by atoms with Crippen LogP contribution < -0.4 is 5.32 Å². The Bertz CT molecular complexity index is 614. The minimum absolute atomic E-state index is 0.185. The number of hydrogen-bond donors (Lipinski definition) is 2. The maximum atomic E-state index is 9.33. The number of nitrogens with one attached hydrogen (secondary N) is 2. The maximum Gasteiger partial charge on any atom is 0.122 e.